The minimum absolute atomic E-state index is 0.0665. The summed E-state index contributed by atoms with van der Waals surface area (Å²) in [7, 11) is 4.21. The van der Waals surface area contributed by atoms with Crippen LogP contribution in [0.1, 0.15) is 53.7 Å². The van der Waals surface area contributed by atoms with E-state index in [0.29, 0.717) is 36.8 Å². The highest BCUT2D eigenvalue weighted by Crippen LogP contribution is 2.28. The molecule has 3 fully saturated rings. The molecule has 4 heterocycles. The van der Waals surface area contributed by atoms with Crippen molar-refractivity contribution in [1.82, 2.24) is 24.7 Å². The normalized spacial score (nSPS) is 26.4. The van der Waals surface area contributed by atoms with Gasteiger partial charge in [-0.25, -0.2) is 4.98 Å². The number of anilines is 2. The molecule has 2 N–H and O–H groups in total. The van der Waals surface area contributed by atoms with Crippen LogP contribution in [0.3, 0.4) is 0 Å². The van der Waals surface area contributed by atoms with Gasteiger partial charge >= 0.3 is 0 Å². The summed E-state index contributed by atoms with van der Waals surface area (Å²) in [4.78, 5) is 31.9. The summed E-state index contributed by atoms with van der Waals surface area (Å²) in [5.41, 5.74) is 3.18. The number of nitrogens with zero attached hydrogens (tertiary/aromatic N) is 6. The number of hydrogen-bond donors (Lipinski definition) is 2. The van der Waals surface area contributed by atoms with E-state index in [1.165, 1.54) is 17.5 Å². The van der Waals surface area contributed by atoms with Crippen molar-refractivity contribution < 1.29 is 9.90 Å². The molecule has 1 aromatic carbocycles. The van der Waals surface area contributed by atoms with E-state index in [4.69, 9.17) is 9.97 Å². The summed E-state index contributed by atoms with van der Waals surface area (Å²) in [5, 5.41) is 14.7. The Morgan fingerprint density at radius 1 is 1.03 bits per heavy atom. The predicted octanol–water partition coefficient (Wildman–Crippen LogP) is 2.21. The molecule has 1 aromatic heterocycles. The number of rotatable bonds is 6. The van der Waals surface area contributed by atoms with Gasteiger partial charge in [-0.1, -0.05) is 24.3 Å². The molecule has 0 spiro atoms. The largest absolute Gasteiger partial charge is 0.390 e. The Hall–Kier alpha value is -2.75. The molecule has 3 atom stereocenters. The number of aliphatic hydroxyl groups excluding tert-OH is 1. The average molecular weight is 520 g/mol. The minimum atomic E-state index is -0.578. The number of likely N-dealkylation sites (N-methyl/N-ethyl adjacent to an activating group) is 1. The Labute approximate surface area is 225 Å². The van der Waals surface area contributed by atoms with Gasteiger partial charge in [0.25, 0.3) is 5.91 Å². The van der Waals surface area contributed by atoms with Gasteiger partial charge in [-0.2, -0.15) is 4.98 Å². The molecule has 2 aromatic rings. The molecule has 6 rings (SSSR count). The summed E-state index contributed by atoms with van der Waals surface area (Å²) in [6.45, 7) is 4.50. The number of fused-ring (bicyclic) bond motifs is 1. The lowest BCUT2D eigenvalue weighted by Crippen LogP contribution is -2.56. The maximum Gasteiger partial charge on any atom is 0.272 e. The van der Waals surface area contributed by atoms with Crippen LogP contribution in [0.5, 0.6) is 0 Å². The zero-order chi connectivity index (χ0) is 26.2. The molecule has 1 aliphatic carbocycles. The van der Waals surface area contributed by atoms with Gasteiger partial charge in [-0.3, -0.25) is 9.69 Å². The number of amides is 1. The monoisotopic (exact) mass is 519 g/mol. The number of likely N-dealkylation sites (tertiary alicyclic amines) is 1. The van der Waals surface area contributed by atoms with E-state index >= 15 is 0 Å². The van der Waals surface area contributed by atoms with E-state index in [0.717, 1.165) is 64.1 Å². The second-order valence-electron chi connectivity index (χ2n) is 11.7. The fourth-order valence-electron chi connectivity index (χ4n) is 6.36. The number of carbonyl (C=O) groups is 1. The van der Waals surface area contributed by atoms with Gasteiger partial charge in [-0.15, -0.1) is 0 Å². The zero-order valence-electron chi connectivity index (χ0n) is 22.7. The lowest BCUT2D eigenvalue weighted by molar-refractivity contribution is -0.0139. The number of β-amino-alcohol motifs (C(OH)–C–C–N with tert-alkyl or cyclic N) is 1. The maximum absolute atomic E-state index is 13.7. The van der Waals surface area contributed by atoms with Gasteiger partial charge in [0.1, 0.15) is 11.5 Å². The van der Waals surface area contributed by atoms with Crippen molar-refractivity contribution in [3.63, 3.8) is 0 Å². The molecule has 0 radical (unpaired) electrons. The average Bonchev–Trinajstić information content (AvgIpc) is 3.41. The van der Waals surface area contributed by atoms with Gasteiger partial charge in [0.15, 0.2) is 0 Å². The minimum Gasteiger partial charge on any atom is -0.390 e. The first kappa shape index (κ1) is 25.5. The van der Waals surface area contributed by atoms with Gasteiger partial charge < -0.3 is 25.1 Å². The van der Waals surface area contributed by atoms with Gasteiger partial charge in [0.2, 0.25) is 5.95 Å². The molecule has 9 heteroatoms. The van der Waals surface area contributed by atoms with Crippen molar-refractivity contribution in [3.8, 4) is 0 Å². The Bertz CT molecular complexity index is 1150. The van der Waals surface area contributed by atoms with Crippen LogP contribution >= 0.6 is 0 Å². The Balaban J connectivity index is 1.16. The Morgan fingerprint density at radius 3 is 2.55 bits per heavy atom. The fraction of sp³-hybridized carbons (Fsp3) is 0.621. The highest BCUT2D eigenvalue weighted by molar-refractivity contribution is 5.93. The summed E-state index contributed by atoms with van der Waals surface area (Å²) < 4.78 is 0. The number of nitrogens with one attached hydrogen (secondary N) is 1. The number of benzene rings is 1. The summed E-state index contributed by atoms with van der Waals surface area (Å²) >= 11 is 0. The van der Waals surface area contributed by atoms with E-state index in [1.54, 1.807) is 4.90 Å². The number of aliphatic hydroxyl groups is 1. The van der Waals surface area contributed by atoms with E-state index < -0.39 is 6.10 Å². The molecule has 2 saturated heterocycles. The van der Waals surface area contributed by atoms with Crippen molar-refractivity contribution >= 4 is 17.7 Å². The fourth-order valence-corrected chi connectivity index (χ4v) is 6.36. The zero-order valence-corrected chi connectivity index (χ0v) is 22.7. The third-order valence-electron chi connectivity index (χ3n) is 9.03. The highest BCUT2D eigenvalue weighted by atomic mass is 16.3. The molecule has 204 valence electrons. The number of piperidine rings is 1. The quantitative estimate of drug-likeness (QED) is 0.601. The molecule has 9 nitrogen and oxygen atoms in total. The van der Waals surface area contributed by atoms with Crippen LogP contribution in [0.25, 0.3) is 0 Å². The van der Waals surface area contributed by atoms with Crippen molar-refractivity contribution in [2.75, 3.05) is 57.0 Å². The molecule has 0 bridgehead atoms. The topological polar surface area (TPSA) is 88.1 Å². The summed E-state index contributed by atoms with van der Waals surface area (Å²) in [5.74, 6) is 1.25. The molecule has 1 amide bonds. The van der Waals surface area contributed by atoms with Crippen LogP contribution in [-0.4, -0.2) is 107 Å². The first-order valence-corrected chi connectivity index (χ1v) is 14.3. The van der Waals surface area contributed by atoms with Crippen LogP contribution in [0.4, 0.5) is 11.8 Å². The van der Waals surface area contributed by atoms with Crippen molar-refractivity contribution in [2.45, 2.75) is 69.3 Å². The predicted molar refractivity (Wildman–Crippen MR) is 148 cm³/mol. The second kappa shape index (κ2) is 10.8. The first-order chi connectivity index (χ1) is 18.4. The first-order valence-electron chi connectivity index (χ1n) is 14.3. The molecule has 3 aliphatic heterocycles. The molecule has 0 unspecified atom stereocenters. The van der Waals surface area contributed by atoms with Crippen molar-refractivity contribution in [3.05, 3.63) is 47.2 Å². The SMILES string of the molecule is CN(C)[C@@H]1CCN(c2nc(NC3CCC3)cc(C(=O)N3CC[C@@H](N4CCc5ccccc5C4)[C@H](O)C3)n2)C1. The Morgan fingerprint density at radius 2 is 1.84 bits per heavy atom. The lowest BCUT2D eigenvalue weighted by Gasteiger charge is -2.43. The molecule has 4 aliphatic rings. The van der Waals surface area contributed by atoms with Crippen LogP contribution in [0, 0.1) is 0 Å². The molecule has 38 heavy (non-hydrogen) atoms. The van der Waals surface area contributed by atoms with Gasteiger partial charge in [0, 0.05) is 63.5 Å². The third-order valence-corrected chi connectivity index (χ3v) is 9.03. The second-order valence-corrected chi connectivity index (χ2v) is 11.7. The number of carbonyl (C=O) groups excluding carboxylic acids is 1. The Kier molecular flexibility index (Phi) is 7.24. The highest BCUT2D eigenvalue weighted by Gasteiger charge is 2.36. The van der Waals surface area contributed by atoms with Gasteiger partial charge in [-0.05, 0) is 63.7 Å². The maximum atomic E-state index is 13.7. The molecular formula is C29H41N7O2. The smallest absolute Gasteiger partial charge is 0.272 e. The third kappa shape index (κ3) is 5.24. The van der Waals surface area contributed by atoms with E-state index in [2.05, 4.69) is 58.4 Å². The summed E-state index contributed by atoms with van der Waals surface area (Å²) in [6, 6.07) is 11.3. The van der Waals surface area contributed by atoms with E-state index in [-0.39, 0.29) is 11.9 Å². The van der Waals surface area contributed by atoms with Crippen molar-refractivity contribution in [2.24, 2.45) is 0 Å². The van der Waals surface area contributed by atoms with E-state index in [1.807, 2.05) is 6.07 Å². The van der Waals surface area contributed by atoms with Crippen LogP contribution in [-0.2, 0) is 13.0 Å². The summed E-state index contributed by atoms with van der Waals surface area (Å²) in [6.07, 6.45) is 5.75. The molecular weight excluding hydrogens is 478 g/mol. The lowest BCUT2D eigenvalue weighted by atomic mass is 9.93. The van der Waals surface area contributed by atoms with Crippen LogP contribution in [0.2, 0.25) is 0 Å². The molecule has 1 saturated carbocycles. The van der Waals surface area contributed by atoms with Gasteiger partial charge in [0.05, 0.1) is 6.10 Å². The number of hydrogen-bond acceptors (Lipinski definition) is 8. The standard InChI is InChI=1S/C29H41N7O2/c1-33(2)23-11-14-36(18-23)29-31-24(16-27(32-29)30-22-8-5-9-22)28(38)35-15-12-25(26(37)19-35)34-13-10-20-6-3-4-7-21(20)17-34/h3-4,6-7,16,22-23,25-26,37H,5,8-15,17-19H2,1-2H3,(H,30,31,32)/t23-,25-,26-/m1/s1. The number of aromatic nitrogens is 2. The van der Waals surface area contributed by atoms with Crippen molar-refractivity contribution in [1.29, 1.82) is 0 Å². The van der Waals surface area contributed by atoms with Crippen LogP contribution in [0.15, 0.2) is 30.3 Å². The van der Waals surface area contributed by atoms with E-state index in [9.17, 15) is 9.90 Å². The van der Waals surface area contributed by atoms with Crippen LogP contribution < -0.4 is 10.2 Å².